The van der Waals surface area contributed by atoms with Gasteiger partial charge in [0.1, 0.15) is 5.76 Å². The second-order valence-electron chi connectivity index (χ2n) is 4.18. The number of hydrogen-bond acceptors (Lipinski definition) is 5. The summed E-state index contributed by atoms with van der Waals surface area (Å²) in [5, 5.41) is -0.0386. The maximum Gasteiger partial charge on any atom is 0.276 e. The molecule has 1 aliphatic heterocycles. The second-order valence-corrected chi connectivity index (χ2v) is 6.00. The molecule has 0 radical (unpaired) electrons. The minimum Gasteiger partial charge on any atom is -0.447 e. The first-order chi connectivity index (χ1) is 8.59. The monoisotopic (exact) mass is 274 g/mol. The summed E-state index contributed by atoms with van der Waals surface area (Å²) in [6, 6.07) is 2.92. The van der Waals surface area contributed by atoms with Gasteiger partial charge < -0.3 is 14.9 Å². The van der Waals surface area contributed by atoms with Gasteiger partial charge in [0.25, 0.3) is 10.0 Å². The number of nitrogens with zero attached hydrogens (tertiary/aromatic N) is 1. The van der Waals surface area contributed by atoms with Gasteiger partial charge in [-0.2, -0.15) is 4.31 Å². The topological polar surface area (TPSA) is 85.8 Å². The molecule has 0 saturated carbocycles. The largest absolute Gasteiger partial charge is 0.447 e. The van der Waals surface area contributed by atoms with Crippen molar-refractivity contribution in [3.63, 3.8) is 0 Å². The molecule has 1 saturated heterocycles. The molecule has 7 heteroatoms. The minimum absolute atomic E-state index is 0.0386. The predicted octanol–water partition coefficient (Wildman–Crippen LogP) is 0.538. The van der Waals surface area contributed by atoms with E-state index in [1.54, 1.807) is 6.07 Å². The molecule has 1 aromatic heterocycles. The summed E-state index contributed by atoms with van der Waals surface area (Å²) in [7, 11) is -3.58. The molecule has 1 unspecified atom stereocenters. The van der Waals surface area contributed by atoms with Crippen LogP contribution in [0.2, 0.25) is 0 Å². The van der Waals surface area contributed by atoms with Crippen LogP contribution < -0.4 is 5.73 Å². The van der Waals surface area contributed by atoms with Crippen LogP contribution in [0.25, 0.3) is 0 Å². The molecule has 6 nitrogen and oxygen atoms in total. The molecular formula is C11H18N2O4S. The fourth-order valence-electron chi connectivity index (χ4n) is 2.00. The highest BCUT2D eigenvalue weighted by atomic mass is 32.2. The van der Waals surface area contributed by atoms with Crippen LogP contribution in [-0.2, 0) is 21.3 Å². The van der Waals surface area contributed by atoms with Gasteiger partial charge in [0.15, 0.2) is 0 Å². The summed E-state index contributed by atoms with van der Waals surface area (Å²) >= 11 is 0. The van der Waals surface area contributed by atoms with Crippen LogP contribution in [0.3, 0.4) is 0 Å². The van der Waals surface area contributed by atoms with Crippen LogP contribution >= 0.6 is 0 Å². The average Bonchev–Trinajstić information content (AvgIpc) is 2.88. The molecule has 2 heterocycles. The van der Waals surface area contributed by atoms with E-state index >= 15 is 0 Å². The maximum atomic E-state index is 12.4. The highest BCUT2D eigenvalue weighted by molar-refractivity contribution is 7.89. The van der Waals surface area contributed by atoms with Crippen LogP contribution in [0.4, 0.5) is 0 Å². The van der Waals surface area contributed by atoms with Crippen LogP contribution in [0.15, 0.2) is 21.6 Å². The molecule has 1 aliphatic rings. The molecule has 2 N–H and O–H groups in total. The molecule has 18 heavy (non-hydrogen) atoms. The zero-order valence-electron chi connectivity index (χ0n) is 10.3. The molecule has 1 atom stereocenters. The van der Waals surface area contributed by atoms with Crippen molar-refractivity contribution in [1.82, 2.24) is 4.31 Å². The van der Waals surface area contributed by atoms with Crippen molar-refractivity contribution >= 4 is 10.0 Å². The summed E-state index contributed by atoms with van der Waals surface area (Å²) in [6.45, 7) is 3.34. The lowest BCUT2D eigenvalue weighted by Crippen LogP contribution is -2.48. The molecule has 1 aromatic rings. The van der Waals surface area contributed by atoms with Gasteiger partial charge in [-0.1, -0.05) is 6.92 Å². The quantitative estimate of drug-likeness (QED) is 0.866. The van der Waals surface area contributed by atoms with Gasteiger partial charge in [-0.05, 0) is 18.6 Å². The number of nitrogens with two attached hydrogens (primary N) is 1. The first kappa shape index (κ1) is 13.5. The Morgan fingerprint density at radius 2 is 2.28 bits per heavy atom. The Morgan fingerprint density at radius 3 is 2.89 bits per heavy atom. The lowest BCUT2D eigenvalue weighted by atomic mass is 10.2. The molecule has 1 fully saturated rings. The fraction of sp³-hybridized carbons (Fsp3) is 0.636. The van der Waals surface area contributed by atoms with E-state index in [0.717, 1.165) is 0 Å². The molecule has 2 rings (SSSR count). The Bertz CT molecular complexity index is 497. The van der Waals surface area contributed by atoms with Crippen molar-refractivity contribution in [2.45, 2.75) is 31.0 Å². The fourth-order valence-corrected chi connectivity index (χ4v) is 3.60. The molecule has 0 aromatic carbocycles. The minimum atomic E-state index is -3.58. The predicted molar refractivity (Wildman–Crippen MR) is 65.4 cm³/mol. The SMILES string of the molecule is CCC1COCCN1S(=O)(=O)c1ccc(CN)o1. The zero-order chi connectivity index (χ0) is 13.2. The van der Waals surface area contributed by atoms with Crippen molar-refractivity contribution in [3.05, 3.63) is 17.9 Å². The Morgan fingerprint density at radius 1 is 1.50 bits per heavy atom. The van der Waals surface area contributed by atoms with Crippen molar-refractivity contribution in [3.8, 4) is 0 Å². The van der Waals surface area contributed by atoms with E-state index in [4.69, 9.17) is 14.9 Å². The van der Waals surface area contributed by atoms with Gasteiger partial charge in [-0.15, -0.1) is 0 Å². The normalized spacial score (nSPS) is 22.2. The highest BCUT2D eigenvalue weighted by Crippen LogP contribution is 2.23. The third kappa shape index (κ3) is 2.44. The lowest BCUT2D eigenvalue weighted by molar-refractivity contribution is 0.0307. The Hall–Kier alpha value is -0.890. The summed E-state index contributed by atoms with van der Waals surface area (Å²) in [6.07, 6.45) is 0.712. The number of sulfonamides is 1. The molecular weight excluding hydrogens is 256 g/mol. The number of ether oxygens (including phenoxy) is 1. The number of morpholine rings is 1. The lowest BCUT2D eigenvalue weighted by Gasteiger charge is -2.33. The zero-order valence-corrected chi connectivity index (χ0v) is 11.1. The summed E-state index contributed by atoms with van der Waals surface area (Å²) in [4.78, 5) is 0. The second kappa shape index (κ2) is 5.40. The van der Waals surface area contributed by atoms with Gasteiger partial charge in [-0.3, -0.25) is 0 Å². The molecule has 0 spiro atoms. The number of rotatable bonds is 4. The van der Waals surface area contributed by atoms with Gasteiger partial charge in [0, 0.05) is 12.6 Å². The first-order valence-electron chi connectivity index (χ1n) is 5.98. The molecule has 0 bridgehead atoms. The van der Waals surface area contributed by atoms with E-state index in [0.29, 0.717) is 31.9 Å². The molecule has 102 valence electrons. The van der Waals surface area contributed by atoms with E-state index in [-0.39, 0.29) is 17.7 Å². The highest BCUT2D eigenvalue weighted by Gasteiger charge is 2.35. The Balaban J connectivity index is 2.28. The third-order valence-electron chi connectivity index (χ3n) is 3.05. The van der Waals surface area contributed by atoms with Gasteiger partial charge in [0.2, 0.25) is 5.09 Å². The van der Waals surface area contributed by atoms with Gasteiger partial charge in [0.05, 0.1) is 19.8 Å². The summed E-state index contributed by atoms with van der Waals surface area (Å²) in [5.74, 6) is 0.467. The van der Waals surface area contributed by atoms with Crippen LogP contribution in [-0.4, -0.2) is 38.5 Å². The van der Waals surface area contributed by atoms with E-state index in [1.165, 1.54) is 10.4 Å². The van der Waals surface area contributed by atoms with E-state index in [9.17, 15) is 8.42 Å². The third-order valence-corrected chi connectivity index (χ3v) is 4.87. The van der Waals surface area contributed by atoms with Gasteiger partial charge >= 0.3 is 0 Å². The number of furan rings is 1. The Labute approximate surface area is 107 Å². The smallest absolute Gasteiger partial charge is 0.276 e. The van der Waals surface area contributed by atoms with Crippen LogP contribution in [0.5, 0.6) is 0 Å². The van der Waals surface area contributed by atoms with Crippen molar-refractivity contribution in [2.75, 3.05) is 19.8 Å². The van der Waals surface area contributed by atoms with E-state index in [1.807, 2.05) is 6.92 Å². The maximum absolute atomic E-state index is 12.4. The van der Waals surface area contributed by atoms with Crippen molar-refractivity contribution in [2.24, 2.45) is 5.73 Å². The van der Waals surface area contributed by atoms with E-state index < -0.39 is 10.0 Å². The first-order valence-corrected chi connectivity index (χ1v) is 7.42. The Kier molecular flexibility index (Phi) is 4.06. The summed E-state index contributed by atoms with van der Waals surface area (Å²) < 4.78 is 36.8. The van der Waals surface area contributed by atoms with Crippen LogP contribution in [0.1, 0.15) is 19.1 Å². The van der Waals surface area contributed by atoms with Crippen molar-refractivity contribution in [1.29, 1.82) is 0 Å². The number of hydrogen-bond donors (Lipinski definition) is 1. The van der Waals surface area contributed by atoms with Gasteiger partial charge in [-0.25, -0.2) is 8.42 Å². The van der Waals surface area contributed by atoms with E-state index in [2.05, 4.69) is 0 Å². The van der Waals surface area contributed by atoms with Crippen LogP contribution in [0, 0.1) is 0 Å². The average molecular weight is 274 g/mol. The summed E-state index contributed by atoms with van der Waals surface area (Å²) in [5.41, 5.74) is 5.42. The van der Waals surface area contributed by atoms with Crippen molar-refractivity contribution < 1.29 is 17.6 Å². The standard InChI is InChI=1S/C11H18N2O4S/c1-2-9-8-16-6-5-13(9)18(14,15)11-4-3-10(7-12)17-11/h3-4,9H,2,5-8,12H2,1H3. The molecule has 0 aliphatic carbocycles. The molecule has 0 amide bonds.